The number of nitrogens with one attached hydrogen (secondary N) is 2. The fourth-order valence-electron chi connectivity index (χ4n) is 2.24. The van der Waals surface area contributed by atoms with Gasteiger partial charge in [-0.05, 0) is 56.6 Å². The molecule has 4 nitrogen and oxygen atoms in total. The first-order valence-electron chi connectivity index (χ1n) is 7.03. The second-order valence-electron chi connectivity index (χ2n) is 5.04. The average molecular weight is 341 g/mol. The van der Waals surface area contributed by atoms with Crippen molar-refractivity contribution >= 4 is 21.8 Å². The number of ether oxygens (including phenoxy) is 1. The fraction of sp³-hybridized carbons (Fsp3) is 0.533. The van der Waals surface area contributed by atoms with Crippen LogP contribution < -0.4 is 10.6 Å². The van der Waals surface area contributed by atoms with Crippen LogP contribution in [-0.4, -0.2) is 38.3 Å². The van der Waals surface area contributed by atoms with Crippen LogP contribution in [0.15, 0.2) is 22.7 Å². The predicted molar refractivity (Wildman–Crippen MR) is 83.1 cm³/mol. The lowest BCUT2D eigenvalue weighted by atomic mass is 10.1. The molecule has 1 heterocycles. The van der Waals surface area contributed by atoms with Gasteiger partial charge >= 0.3 is 0 Å². The summed E-state index contributed by atoms with van der Waals surface area (Å²) in [4.78, 5) is 12.0. The van der Waals surface area contributed by atoms with E-state index in [0.29, 0.717) is 24.8 Å². The first-order valence-corrected chi connectivity index (χ1v) is 7.83. The van der Waals surface area contributed by atoms with E-state index < -0.39 is 0 Å². The smallest absolute Gasteiger partial charge is 0.251 e. The van der Waals surface area contributed by atoms with Gasteiger partial charge in [-0.15, -0.1) is 0 Å². The summed E-state index contributed by atoms with van der Waals surface area (Å²) in [6.45, 7) is 5.15. The van der Waals surface area contributed by atoms with Crippen LogP contribution >= 0.6 is 15.9 Å². The lowest BCUT2D eigenvalue weighted by Gasteiger charge is -2.22. The van der Waals surface area contributed by atoms with Gasteiger partial charge < -0.3 is 15.4 Å². The Kier molecular flexibility index (Phi) is 6.01. The van der Waals surface area contributed by atoms with Crippen molar-refractivity contribution in [2.24, 2.45) is 0 Å². The van der Waals surface area contributed by atoms with Crippen LogP contribution in [-0.2, 0) is 4.74 Å². The first kappa shape index (κ1) is 15.5. The lowest BCUT2D eigenvalue weighted by Crippen LogP contribution is -2.34. The maximum Gasteiger partial charge on any atom is 0.251 e. The van der Waals surface area contributed by atoms with Gasteiger partial charge in [-0.3, -0.25) is 4.79 Å². The highest BCUT2D eigenvalue weighted by Crippen LogP contribution is 2.16. The summed E-state index contributed by atoms with van der Waals surface area (Å²) in [5, 5.41) is 6.19. The van der Waals surface area contributed by atoms with Gasteiger partial charge in [0.15, 0.2) is 0 Å². The molecule has 20 heavy (non-hydrogen) atoms. The molecule has 1 aromatic carbocycles. The van der Waals surface area contributed by atoms with E-state index in [9.17, 15) is 4.79 Å². The quantitative estimate of drug-likeness (QED) is 0.808. The average Bonchev–Trinajstić information content (AvgIpc) is 2.47. The number of hydrogen-bond donors (Lipinski definition) is 2. The standard InChI is InChI=1S/C15H21BrN2O2/c1-11-10-12(2-3-14(11)16)15(19)18-8-9-20-13-4-6-17-7-5-13/h2-3,10,13,17H,4-9H2,1H3,(H,18,19). The fourth-order valence-corrected chi connectivity index (χ4v) is 2.49. The normalized spacial score (nSPS) is 16.1. The minimum atomic E-state index is -0.0467. The molecule has 0 saturated carbocycles. The number of piperidine rings is 1. The summed E-state index contributed by atoms with van der Waals surface area (Å²) in [5.41, 5.74) is 1.75. The largest absolute Gasteiger partial charge is 0.376 e. The lowest BCUT2D eigenvalue weighted by molar-refractivity contribution is 0.0343. The van der Waals surface area contributed by atoms with E-state index in [1.54, 1.807) is 0 Å². The highest BCUT2D eigenvalue weighted by Gasteiger charge is 2.13. The van der Waals surface area contributed by atoms with Gasteiger partial charge in [-0.25, -0.2) is 0 Å². The first-order chi connectivity index (χ1) is 9.66. The molecule has 2 N–H and O–H groups in total. The molecular formula is C15H21BrN2O2. The predicted octanol–water partition coefficient (Wildman–Crippen LogP) is 2.26. The van der Waals surface area contributed by atoms with Gasteiger partial charge in [0.05, 0.1) is 12.7 Å². The van der Waals surface area contributed by atoms with Crippen molar-refractivity contribution in [2.75, 3.05) is 26.2 Å². The third-order valence-electron chi connectivity index (χ3n) is 3.45. The van der Waals surface area contributed by atoms with Crippen molar-refractivity contribution in [3.8, 4) is 0 Å². The number of rotatable bonds is 5. The molecule has 5 heteroatoms. The molecular weight excluding hydrogens is 320 g/mol. The Bertz CT molecular complexity index is 459. The van der Waals surface area contributed by atoms with Crippen molar-refractivity contribution in [1.29, 1.82) is 0 Å². The number of benzene rings is 1. The van der Waals surface area contributed by atoms with Crippen LogP contribution in [0.4, 0.5) is 0 Å². The number of amides is 1. The Morgan fingerprint density at radius 1 is 1.45 bits per heavy atom. The molecule has 110 valence electrons. The van der Waals surface area contributed by atoms with Crippen molar-refractivity contribution in [2.45, 2.75) is 25.9 Å². The van der Waals surface area contributed by atoms with Gasteiger partial charge in [0.2, 0.25) is 0 Å². The van der Waals surface area contributed by atoms with E-state index in [0.717, 1.165) is 36.0 Å². The number of carbonyl (C=O) groups is 1. The highest BCUT2D eigenvalue weighted by molar-refractivity contribution is 9.10. The molecule has 1 amide bonds. The molecule has 0 atom stereocenters. The van der Waals surface area contributed by atoms with Crippen LogP contribution in [0.5, 0.6) is 0 Å². The summed E-state index contributed by atoms with van der Waals surface area (Å²) in [7, 11) is 0. The number of hydrogen-bond acceptors (Lipinski definition) is 3. The zero-order valence-electron chi connectivity index (χ0n) is 11.7. The minimum absolute atomic E-state index is 0.0467. The number of carbonyl (C=O) groups excluding carboxylic acids is 1. The van der Waals surface area contributed by atoms with Crippen LogP contribution in [0.3, 0.4) is 0 Å². The topological polar surface area (TPSA) is 50.4 Å². The zero-order chi connectivity index (χ0) is 14.4. The van der Waals surface area contributed by atoms with Crippen molar-refractivity contribution in [3.63, 3.8) is 0 Å². The van der Waals surface area contributed by atoms with Gasteiger partial charge in [0.1, 0.15) is 0 Å². The maximum absolute atomic E-state index is 12.0. The molecule has 0 aliphatic carbocycles. The van der Waals surface area contributed by atoms with Crippen molar-refractivity contribution < 1.29 is 9.53 Å². The van der Waals surface area contributed by atoms with Gasteiger partial charge in [0, 0.05) is 16.6 Å². The van der Waals surface area contributed by atoms with Gasteiger partial charge in [-0.1, -0.05) is 15.9 Å². The molecule has 2 rings (SSSR count). The second kappa shape index (κ2) is 7.76. The summed E-state index contributed by atoms with van der Waals surface area (Å²) >= 11 is 3.43. The summed E-state index contributed by atoms with van der Waals surface area (Å²) in [6.07, 6.45) is 2.45. The molecule has 1 aliphatic rings. The third kappa shape index (κ3) is 4.58. The van der Waals surface area contributed by atoms with E-state index >= 15 is 0 Å². The Morgan fingerprint density at radius 2 is 2.20 bits per heavy atom. The third-order valence-corrected chi connectivity index (χ3v) is 4.34. The van der Waals surface area contributed by atoms with E-state index in [1.165, 1.54) is 0 Å². The van der Waals surface area contributed by atoms with Crippen LogP contribution in [0.25, 0.3) is 0 Å². The van der Waals surface area contributed by atoms with Crippen molar-refractivity contribution in [3.05, 3.63) is 33.8 Å². The molecule has 0 bridgehead atoms. The van der Waals surface area contributed by atoms with Gasteiger partial charge in [-0.2, -0.15) is 0 Å². The van der Waals surface area contributed by atoms with Gasteiger partial charge in [0.25, 0.3) is 5.91 Å². The van der Waals surface area contributed by atoms with E-state index in [4.69, 9.17) is 4.74 Å². The molecule has 1 aromatic rings. The Hall–Kier alpha value is -0.910. The second-order valence-corrected chi connectivity index (χ2v) is 5.89. The van der Waals surface area contributed by atoms with E-state index in [1.807, 2.05) is 25.1 Å². The van der Waals surface area contributed by atoms with Crippen LogP contribution in [0.1, 0.15) is 28.8 Å². The molecule has 1 fully saturated rings. The molecule has 0 unspecified atom stereocenters. The molecule has 1 saturated heterocycles. The van der Waals surface area contributed by atoms with Crippen molar-refractivity contribution in [1.82, 2.24) is 10.6 Å². The van der Waals surface area contributed by atoms with Crippen LogP contribution in [0.2, 0.25) is 0 Å². The summed E-state index contributed by atoms with van der Waals surface area (Å²) < 4.78 is 6.77. The Balaban J connectivity index is 1.70. The Morgan fingerprint density at radius 3 is 2.90 bits per heavy atom. The minimum Gasteiger partial charge on any atom is -0.376 e. The summed E-state index contributed by atoms with van der Waals surface area (Å²) in [6, 6.07) is 5.60. The van der Waals surface area contributed by atoms with E-state index in [2.05, 4.69) is 26.6 Å². The number of aryl methyl sites for hydroxylation is 1. The maximum atomic E-state index is 12.0. The molecule has 0 radical (unpaired) electrons. The highest BCUT2D eigenvalue weighted by atomic mass is 79.9. The molecule has 1 aliphatic heterocycles. The van der Waals surface area contributed by atoms with E-state index in [-0.39, 0.29) is 5.91 Å². The SMILES string of the molecule is Cc1cc(C(=O)NCCOC2CCNCC2)ccc1Br. The molecule has 0 aromatic heterocycles. The van der Waals surface area contributed by atoms with Crippen LogP contribution in [0, 0.1) is 6.92 Å². The zero-order valence-corrected chi connectivity index (χ0v) is 13.3. The monoisotopic (exact) mass is 340 g/mol. The summed E-state index contributed by atoms with van der Waals surface area (Å²) in [5.74, 6) is -0.0467. The number of halogens is 1. The molecule has 0 spiro atoms. The Labute approximate surface area is 128 Å².